The fourth-order valence-electron chi connectivity index (χ4n) is 4.61. The van der Waals surface area contributed by atoms with Crippen molar-refractivity contribution in [3.63, 3.8) is 0 Å². The summed E-state index contributed by atoms with van der Waals surface area (Å²) in [5, 5.41) is 51.0. The van der Waals surface area contributed by atoms with Crippen molar-refractivity contribution in [3.05, 3.63) is 99.7 Å². The largest absolute Gasteiger partial charge is 0.508 e. The monoisotopic (exact) mass is 522 g/mol. The quantitative estimate of drug-likeness (QED) is 0.204. The van der Waals surface area contributed by atoms with E-state index in [0.717, 1.165) is 12.3 Å². The van der Waals surface area contributed by atoms with Gasteiger partial charge in [-0.15, -0.1) is 0 Å². The van der Waals surface area contributed by atoms with E-state index in [-0.39, 0.29) is 72.8 Å². The number of phenolic OH excluding ortho intramolecular Hbond substituents is 5. The molecule has 0 spiro atoms. The standard InChI is InChI=1S/C30H18O9/c31-16-4-1-14(2-5-16)20-13-39-30-18(28(20)36)6-8-23(34)26(30)19-9-15(3-7-22(19)33)21-12-38-25-11-17(32)10-24(35)27(25)29(21)37/h1-13,31-35H. The smallest absolute Gasteiger partial charge is 0.204 e. The van der Waals surface area contributed by atoms with E-state index < -0.39 is 16.6 Å². The van der Waals surface area contributed by atoms with Crippen LogP contribution >= 0.6 is 0 Å². The molecule has 0 saturated heterocycles. The SMILES string of the molecule is O=c1c(-c2ccc(O)cc2)coc2c(-c3cc(-c4coc5cc(O)cc(O)c5c4=O)ccc3O)c(O)ccc12. The first kappa shape index (κ1) is 23.7. The molecule has 9 heteroatoms. The summed E-state index contributed by atoms with van der Waals surface area (Å²) < 4.78 is 11.3. The van der Waals surface area contributed by atoms with Gasteiger partial charge in [-0.05, 0) is 47.5 Å². The van der Waals surface area contributed by atoms with Crippen LogP contribution < -0.4 is 10.9 Å². The minimum absolute atomic E-state index is 0.00800. The Morgan fingerprint density at radius 1 is 0.538 bits per heavy atom. The number of hydrogen-bond acceptors (Lipinski definition) is 9. The lowest BCUT2D eigenvalue weighted by molar-refractivity contribution is 0.452. The normalized spacial score (nSPS) is 11.3. The number of fused-ring (bicyclic) bond motifs is 2. The molecule has 0 aliphatic carbocycles. The third-order valence-corrected chi connectivity index (χ3v) is 6.52. The van der Waals surface area contributed by atoms with Gasteiger partial charge in [0.2, 0.25) is 10.9 Å². The Hall–Kier alpha value is -5.70. The summed E-state index contributed by atoms with van der Waals surface area (Å²) in [7, 11) is 0. The van der Waals surface area contributed by atoms with Crippen molar-refractivity contribution in [1.82, 2.24) is 0 Å². The molecule has 0 atom stereocenters. The molecule has 2 aromatic heterocycles. The van der Waals surface area contributed by atoms with E-state index in [0.29, 0.717) is 5.56 Å². The van der Waals surface area contributed by atoms with Crippen LogP contribution in [0.2, 0.25) is 0 Å². The Kier molecular flexibility index (Phi) is 5.28. The number of hydrogen-bond donors (Lipinski definition) is 5. The average molecular weight is 522 g/mol. The Morgan fingerprint density at radius 2 is 1.21 bits per heavy atom. The van der Waals surface area contributed by atoms with Gasteiger partial charge in [-0.1, -0.05) is 18.2 Å². The molecule has 0 radical (unpaired) electrons. The van der Waals surface area contributed by atoms with Gasteiger partial charge < -0.3 is 34.4 Å². The highest BCUT2D eigenvalue weighted by molar-refractivity contribution is 5.99. The molecule has 0 aliphatic rings. The molecule has 0 fully saturated rings. The zero-order valence-corrected chi connectivity index (χ0v) is 19.9. The van der Waals surface area contributed by atoms with Crippen LogP contribution in [0.5, 0.6) is 28.7 Å². The molecule has 6 aromatic rings. The Labute approximate surface area is 218 Å². The third kappa shape index (κ3) is 3.80. The van der Waals surface area contributed by atoms with Gasteiger partial charge in [0.1, 0.15) is 57.8 Å². The highest BCUT2D eigenvalue weighted by atomic mass is 16.3. The summed E-state index contributed by atoms with van der Waals surface area (Å²) in [6.07, 6.45) is 2.39. The van der Waals surface area contributed by atoms with Crippen molar-refractivity contribution in [2.45, 2.75) is 0 Å². The first-order chi connectivity index (χ1) is 18.7. The molecular weight excluding hydrogens is 504 g/mol. The molecule has 2 heterocycles. The van der Waals surface area contributed by atoms with Crippen molar-refractivity contribution >= 4 is 21.9 Å². The van der Waals surface area contributed by atoms with E-state index in [1.165, 1.54) is 54.8 Å². The summed E-state index contributed by atoms with van der Waals surface area (Å²) in [6.45, 7) is 0. The second kappa shape index (κ2) is 8.70. The van der Waals surface area contributed by atoms with E-state index in [1.54, 1.807) is 12.1 Å². The van der Waals surface area contributed by atoms with E-state index in [2.05, 4.69) is 0 Å². The van der Waals surface area contributed by atoms with Crippen LogP contribution in [0.3, 0.4) is 0 Å². The molecule has 0 saturated carbocycles. The Bertz CT molecular complexity index is 2050. The maximum Gasteiger partial charge on any atom is 0.204 e. The van der Waals surface area contributed by atoms with E-state index >= 15 is 0 Å². The van der Waals surface area contributed by atoms with Gasteiger partial charge in [-0.25, -0.2) is 0 Å². The topological polar surface area (TPSA) is 162 Å². The summed E-state index contributed by atoms with van der Waals surface area (Å²) in [5.74, 6) is -1.24. The van der Waals surface area contributed by atoms with Crippen molar-refractivity contribution < 1.29 is 34.4 Å². The molecule has 39 heavy (non-hydrogen) atoms. The number of benzene rings is 4. The number of phenols is 5. The predicted molar refractivity (Wildman–Crippen MR) is 143 cm³/mol. The zero-order valence-electron chi connectivity index (χ0n) is 19.9. The van der Waals surface area contributed by atoms with Crippen LogP contribution in [0.25, 0.3) is 55.3 Å². The van der Waals surface area contributed by atoms with Crippen LogP contribution in [0.4, 0.5) is 0 Å². The predicted octanol–water partition coefficient (Wildman–Crippen LogP) is 5.43. The van der Waals surface area contributed by atoms with Crippen LogP contribution in [0.1, 0.15) is 0 Å². The molecule has 192 valence electrons. The summed E-state index contributed by atoms with van der Waals surface area (Å²) in [6, 6.07) is 15.1. The zero-order chi connectivity index (χ0) is 27.4. The van der Waals surface area contributed by atoms with Gasteiger partial charge in [0.05, 0.1) is 22.1 Å². The first-order valence-electron chi connectivity index (χ1n) is 11.6. The van der Waals surface area contributed by atoms with Gasteiger partial charge in [-0.3, -0.25) is 9.59 Å². The van der Waals surface area contributed by atoms with Crippen molar-refractivity contribution in [2.75, 3.05) is 0 Å². The van der Waals surface area contributed by atoms with Crippen LogP contribution in [-0.2, 0) is 0 Å². The fourth-order valence-corrected chi connectivity index (χ4v) is 4.61. The summed E-state index contributed by atoms with van der Waals surface area (Å²) >= 11 is 0. The van der Waals surface area contributed by atoms with E-state index in [1.807, 2.05) is 0 Å². The molecule has 0 unspecified atom stereocenters. The summed E-state index contributed by atoms with van der Waals surface area (Å²) in [4.78, 5) is 26.6. The molecule has 0 aliphatic heterocycles. The summed E-state index contributed by atoms with van der Waals surface area (Å²) in [5.41, 5.74) is 0.187. The molecule has 6 rings (SSSR count). The van der Waals surface area contributed by atoms with Gasteiger partial charge in [0.15, 0.2) is 0 Å². The lowest BCUT2D eigenvalue weighted by Gasteiger charge is -2.13. The Morgan fingerprint density at radius 3 is 1.97 bits per heavy atom. The second-order valence-electron chi connectivity index (χ2n) is 8.91. The third-order valence-electron chi connectivity index (χ3n) is 6.52. The second-order valence-corrected chi connectivity index (χ2v) is 8.91. The van der Waals surface area contributed by atoms with Crippen LogP contribution in [-0.4, -0.2) is 25.5 Å². The van der Waals surface area contributed by atoms with E-state index in [9.17, 15) is 35.1 Å². The molecular formula is C30H18O9. The maximum atomic E-state index is 13.3. The molecule has 5 N–H and O–H groups in total. The average Bonchev–Trinajstić information content (AvgIpc) is 2.90. The van der Waals surface area contributed by atoms with Crippen LogP contribution in [0.15, 0.2) is 97.7 Å². The minimum Gasteiger partial charge on any atom is -0.508 e. The molecule has 0 bridgehead atoms. The highest BCUT2D eigenvalue weighted by Gasteiger charge is 2.21. The maximum absolute atomic E-state index is 13.3. The van der Waals surface area contributed by atoms with Crippen LogP contribution in [0, 0.1) is 0 Å². The lowest BCUT2D eigenvalue weighted by atomic mass is 9.95. The van der Waals surface area contributed by atoms with Crippen molar-refractivity contribution in [3.8, 4) is 62.1 Å². The van der Waals surface area contributed by atoms with Gasteiger partial charge in [0, 0.05) is 17.7 Å². The molecule has 4 aromatic carbocycles. The Balaban J connectivity index is 1.56. The number of aromatic hydroxyl groups is 5. The lowest BCUT2D eigenvalue weighted by Crippen LogP contribution is -2.06. The van der Waals surface area contributed by atoms with Gasteiger partial charge >= 0.3 is 0 Å². The molecule has 0 amide bonds. The van der Waals surface area contributed by atoms with Crippen molar-refractivity contribution in [1.29, 1.82) is 0 Å². The number of rotatable bonds is 3. The fraction of sp³-hybridized carbons (Fsp3) is 0. The van der Waals surface area contributed by atoms with E-state index in [4.69, 9.17) is 8.83 Å². The van der Waals surface area contributed by atoms with Gasteiger partial charge in [0.25, 0.3) is 0 Å². The highest BCUT2D eigenvalue weighted by Crippen LogP contribution is 2.42. The first-order valence-corrected chi connectivity index (χ1v) is 11.6. The molecule has 9 nitrogen and oxygen atoms in total. The van der Waals surface area contributed by atoms with Gasteiger partial charge in [-0.2, -0.15) is 0 Å². The van der Waals surface area contributed by atoms with Crippen molar-refractivity contribution in [2.24, 2.45) is 0 Å². The minimum atomic E-state index is -0.586.